The third-order valence-corrected chi connectivity index (χ3v) is 1.07. The van der Waals surface area contributed by atoms with E-state index in [4.69, 9.17) is 10.2 Å². The van der Waals surface area contributed by atoms with Crippen LogP contribution in [-0.4, -0.2) is 33.9 Å². The summed E-state index contributed by atoms with van der Waals surface area (Å²) in [7, 11) is 0. The minimum absolute atomic E-state index is 0.292. The van der Waals surface area contributed by atoms with Crippen molar-refractivity contribution in [3.8, 4) is 0 Å². The summed E-state index contributed by atoms with van der Waals surface area (Å²) >= 11 is 0. The monoisotopic (exact) mass is 190 g/mol. The molecule has 0 fully saturated rings. The zero-order chi connectivity index (χ0) is 11.0. The third kappa shape index (κ3) is 10.8. The number of hydrogen-bond donors (Lipinski definition) is 2. The molecule has 0 bridgehead atoms. The number of aliphatic carboxylic acids is 1. The van der Waals surface area contributed by atoms with Crippen molar-refractivity contribution < 1.29 is 24.6 Å². The van der Waals surface area contributed by atoms with Crippen molar-refractivity contribution in [2.45, 2.75) is 33.3 Å². The molecule has 5 heteroatoms. The summed E-state index contributed by atoms with van der Waals surface area (Å²) in [6, 6.07) is 0. The van der Waals surface area contributed by atoms with E-state index >= 15 is 0 Å². The molecule has 0 saturated carbocycles. The van der Waals surface area contributed by atoms with Crippen LogP contribution in [0.15, 0.2) is 0 Å². The highest BCUT2D eigenvalue weighted by molar-refractivity contribution is 6.36. The first kappa shape index (κ1) is 14.3. The second-order valence-corrected chi connectivity index (χ2v) is 2.35. The number of aliphatic hydroxyl groups excluding tert-OH is 1. The minimum atomic E-state index is -1.23. The lowest BCUT2D eigenvalue weighted by molar-refractivity contribution is -0.145. The summed E-state index contributed by atoms with van der Waals surface area (Å²) in [4.78, 5) is 29.6. The second kappa shape index (κ2) is 7.42. The number of carbonyl (C=O) groups excluding carboxylic acids is 2. The minimum Gasteiger partial charge on any atom is -0.479 e. The number of aliphatic hydroxyl groups is 1. The van der Waals surface area contributed by atoms with E-state index in [1.54, 1.807) is 6.92 Å². The summed E-state index contributed by atoms with van der Waals surface area (Å²) in [6.45, 7) is 4.15. The maximum atomic E-state index is 10.2. The first-order chi connectivity index (χ1) is 5.82. The highest BCUT2D eigenvalue weighted by atomic mass is 16.4. The van der Waals surface area contributed by atoms with Gasteiger partial charge in [-0.2, -0.15) is 0 Å². The predicted molar refractivity (Wildman–Crippen MR) is 45.3 cm³/mol. The van der Waals surface area contributed by atoms with Crippen molar-refractivity contribution in [2.24, 2.45) is 0 Å². The molecule has 0 aliphatic carbocycles. The summed E-state index contributed by atoms with van der Waals surface area (Å²) in [5.41, 5.74) is 0. The lowest BCUT2D eigenvalue weighted by Gasteiger charge is -1.89. The van der Waals surface area contributed by atoms with Gasteiger partial charge in [-0.3, -0.25) is 9.59 Å². The molecule has 0 saturated heterocycles. The van der Waals surface area contributed by atoms with E-state index in [0.717, 1.165) is 0 Å². The van der Waals surface area contributed by atoms with Crippen LogP contribution < -0.4 is 0 Å². The van der Waals surface area contributed by atoms with Gasteiger partial charge in [-0.15, -0.1) is 0 Å². The molecule has 76 valence electrons. The van der Waals surface area contributed by atoms with E-state index in [-0.39, 0.29) is 11.6 Å². The Morgan fingerprint density at radius 3 is 1.62 bits per heavy atom. The Hall–Kier alpha value is -1.23. The fourth-order valence-electron chi connectivity index (χ4n) is 0.249. The predicted octanol–water partition coefficient (Wildman–Crippen LogP) is 0.00630. The van der Waals surface area contributed by atoms with Gasteiger partial charge in [0.1, 0.15) is 6.10 Å². The molecule has 1 atom stereocenters. The summed E-state index contributed by atoms with van der Waals surface area (Å²) < 4.78 is 0. The van der Waals surface area contributed by atoms with Crippen LogP contribution in [0.4, 0.5) is 0 Å². The molecule has 0 radical (unpaired) electrons. The van der Waals surface area contributed by atoms with Crippen LogP contribution >= 0.6 is 0 Å². The van der Waals surface area contributed by atoms with Gasteiger partial charge in [-0.1, -0.05) is 6.92 Å². The number of carbonyl (C=O) groups is 3. The van der Waals surface area contributed by atoms with Crippen LogP contribution in [0.5, 0.6) is 0 Å². The van der Waals surface area contributed by atoms with Gasteiger partial charge in [0.2, 0.25) is 0 Å². The molecule has 0 heterocycles. The van der Waals surface area contributed by atoms with Crippen LogP contribution in [0.3, 0.4) is 0 Å². The van der Waals surface area contributed by atoms with E-state index in [0.29, 0.717) is 6.42 Å². The van der Waals surface area contributed by atoms with Gasteiger partial charge in [-0.05, 0) is 6.92 Å². The molecule has 5 nitrogen and oxygen atoms in total. The van der Waals surface area contributed by atoms with Crippen LogP contribution in [0.1, 0.15) is 27.2 Å². The molecular weight excluding hydrogens is 176 g/mol. The van der Waals surface area contributed by atoms with Gasteiger partial charge in [0, 0.05) is 13.3 Å². The Labute approximate surface area is 76.4 Å². The highest BCUT2D eigenvalue weighted by Gasteiger charge is 2.01. The fourth-order valence-corrected chi connectivity index (χ4v) is 0.249. The molecule has 2 N–H and O–H groups in total. The van der Waals surface area contributed by atoms with Crippen LogP contribution in [0.2, 0.25) is 0 Å². The quantitative estimate of drug-likeness (QED) is 0.611. The Balaban J connectivity index is 0. The van der Waals surface area contributed by atoms with Crippen molar-refractivity contribution in [3.05, 3.63) is 0 Å². The molecule has 13 heavy (non-hydrogen) atoms. The van der Waals surface area contributed by atoms with Gasteiger partial charge in [-0.25, -0.2) is 4.79 Å². The lowest BCUT2D eigenvalue weighted by Crippen LogP contribution is -2.13. The van der Waals surface area contributed by atoms with Gasteiger partial charge >= 0.3 is 5.97 Å². The average molecular weight is 190 g/mol. The van der Waals surface area contributed by atoms with E-state index in [1.807, 2.05) is 0 Å². The summed E-state index contributed by atoms with van der Waals surface area (Å²) in [5, 5.41) is 15.8. The van der Waals surface area contributed by atoms with Crippen LogP contribution in [0, 0.1) is 0 Å². The molecule has 1 unspecified atom stereocenters. The average Bonchev–Trinajstić information content (AvgIpc) is 2.03. The Morgan fingerprint density at radius 1 is 1.31 bits per heavy atom. The molecule has 0 rings (SSSR count). The lowest BCUT2D eigenvalue weighted by atomic mass is 10.2. The molecule has 0 aromatic heterocycles. The summed E-state index contributed by atoms with van der Waals surface area (Å²) in [5.74, 6) is -1.82. The van der Waals surface area contributed by atoms with Crippen molar-refractivity contribution >= 4 is 17.5 Å². The van der Waals surface area contributed by atoms with Crippen LogP contribution in [-0.2, 0) is 14.4 Å². The van der Waals surface area contributed by atoms with Gasteiger partial charge in [0.15, 0.2) is 11.6 Å². The summed E-state index contributed by atoms with van der Waals surface area (Å²) in [6.07, 6.45) is -0.903. The number of ketones is 2. The maximum absolute atomic E-state index is 10.2. The first-order valence-corrected chi connectivity index (χ1v) is 3.77. The van der Waals surface area contributed by atoms with Crippen molar-refractivity contribution in [2.75, 3.05) is 0 Å². The Bertz CT molecular complexity index is 195. The largest absolute Gasteiger partial charge is 0.479 e. The number of hydrogen-bond acceptors (Lipinski definition) is 4. The molecule has 0 aliphatic heterocycles. The molecule has 0 aliphatic rings. The van der Waals surface area contributed by atoms with Crippen molar-refractivity contribution in [1.82, 2.24) is 0 Å². The maximum Gasteiger partial charge on any atom is 0.332 e. The molecule has 0 aromatic rings. The first-order valence-electron chi connectivity index (χ1n) is 3.77. The normalized spacial score (nSPS) is 10.8. The molecule has 0 spiro atoms. The molecule has 0 aromatic carbocycles. The van der Waals surface area contributed by atoms with E-state index in [9.17, 15) is 14.4 Å². The Kier molecular flexibility index (Phi) is 8.16. The SMILES string of the molecule is CC(O)C(=O)O.CCC(=O)C(C)=O. The van der Waals surface area contributed by atoms with E-state index < -0.39 is 12.1 Å². The molecule has 0 amide bonds. The van der Waals surface area contributed by atoms with Gasteiger partial charge in [0.05, 0.1) is 0 Å². The van der Waals surface area contributed by atoms with Crippen molar-refractivity contribution in [3.63, 3.8) is 0 Å². The Morgan fingerprint density at radius 2 is 1.62 bits per heavy atom. The van der Waals surface area contributed by atoms with E-state index in [1.165, 1.54) is 13.8 Å². The zero-order valence-corrected chi connectivity index (χ0v) is 7.90. The van der Waals surface area contributed by atoms with Crippen LogP contribution in [0.25, 0.3) is 0 Å². The second-order valence-electron chi connectivity index (χ2n) is 2.35. The number of rotatable bonds is 3. The third-order valence-electron chi connectivity index (χ3n) is 1.07. The standard InChI is InChI=1S/C5H8O2.C3H6O3/c1-3-5(7)4(2)6;1-2(4)3(5)6/h3H2,1-2H3;2,4H,1H3,(H,5,6). The number of carboxylic acid groups (broad SMARTS) is 1. The van der Waals surface area contributed by atoms with Crippen molar-refractivity contribution in [1.29, 1.82) is 0 Å². The van der Waals surface area contributed by atoms with E-state index in [2.05, 4.69) is 0 Å². The number of Topliss-reactive ketones (excluding diaryl/α,β-unsaturated/α-hetero) is 2. The number of carboxylic acids is 1. The van der Waals surface area contributed by atoms with Gasteiger partial charge in [0.25, 0.3) is 0 Å². The van der Waals surface area contributed by atoms with Gasteiger partial charge < -0.3 is 10.2 Å². The smallest absolute Gasteiger partial charge is 0.332 e. The topological polar surface area (TPSA) is 91.7 Å². The highest BCUT2D eigenvalue weighted by Crippen LogP contribution is 1.79. The zero-order valence-electron chi connectivity index (χ0n) is 7.90. The fraction of sp³-hybridized carbons (Fsp3) is 0.625. The molecular formula is C8H14O5.